The summed E-state index contributed by atoms with van der Waals surface area (Å²) in [7, 11) is -3.05. The molecule has 1 amide bonds. The minimum absolute atomic E-state index is 0.0114. The second-order valence-corrected chi connectivity index (χ2v) is 9.13. The lowest BCUT2D eigenvalue weighted by molar-refractivity contribution is -0.117. The number of aromatic nitrogens is 1. The quantitative estimate of drug-likeness (QED) is 0.771. The highest BCUT2D eigenvalue weighted by molar-refractivity contribution is 7.91. The van der Waals surface area contributed by atoms with Gasteiger partial charge in [0.2, 0.25) is 5.91 Å². The van der Waals surface area contributed by atoms with Crippen LogP contribution in [0.3, 0.4) is 0 Å². The number of sulfone groups is 1. The van der Waals surface area contributed by atoms with Crippen molar-refractivity contribution in [2.24, 2.45) is 0 Å². The van der Waals surface area contributed by atoms with Gasteiger partial charge in [0.05, 0.1) is 17.0 Å². The first kappa shape index (κ1) is 19.1. The molecule has 6 nitrogen and oxygen atoms in total. The lowest BCUT2D eigenvalue weighted by Gasteiger charge is -2.22. The third-order valence-corrected chi connectivity index (χ3v) is 6.27. The topological polar surface area (TPSA) is 85.4 Å². The summed E-state index contributed by atoms with van der Waals surface area (Å²) in [5.74, 6) is 0.534. The number of hydrogen-bond acceptors (Lipinski definition) is 5. The van der Waals surface area contributed by atoms with Crippen molar-refractivity contribution in [3.63, 3.8) is 0 Å². The molecule has 0 bridgehead atoms. The van der Waals surface area contributed by atoms with Crippen molar-refractivity contribution in [3.05, 3.63) is 66.0 Å². The van der Waals surface area contributed by atoms with Gasteiger partial charge >= 0.3 is 0 Å². The predicted molar refractivity (Wildman–Crippen MR) is 104 cm³/mol. The molecule has 0 saturated carbocycles. The Kier molecular flexibility index (Phi) is 5.60. The van der Waals surface area contributed by atoms with Crippen LogP contribution in [0.25, 0.3) is 6.08 Å². The lowest BCUT2D eigenvalue weighted by atomic mass is 10.0. The molecule has 0 aliphatic carbocycles. The van der Waals surface area contributed by atoms with Gasteiger partial charge in [-0.1, -0.05) is 18.2 Å². The van der Waals surface area contributed by atoms with Crippen molar-refractivity contribution in [2.75, 3.05) is 11.5 Å². The zero-order chi connectivity index (χ0) is 19.3. The lowest BCUT2D eigenvalue weighted by Crippen LogP contribution is -2.46. The first-order chi connectivity index (χ1) is 12.8. The number of carbonyl (C=O) groups excluding carboxylic acids is 1. The van der Waals surface area contributed by atoms with E-state index in [2.05, 4.69) is 10.3 Å². The molecule has 1 aliphatic heterocycles. The summed E-state index contributed by atoms with van der Waals surface area (Å²) in [6.45, 7) is 2.20. The van der Waals surface area contributed by atoms with E-state index in [9.17, 15) is 13.2 Å². The number of nitrogens with one attached hydrogen (secondary N) is 1. The van der Waals surface area contributed by atoms with Crippen LogP contribution in [-0.4, -0.2) is 36.4 Å². The Bertz CT molecular complexity index is 924. The Balaban J connectivity index is 1.52. The molecule has 142 valence electrons. The summed E-state index contributed by atoms with van der Waals surface area (Å²) < 4.78 is 28.9. The maximum Gasteiger partial charge on any atom is 0.244 e. The van der Waals surface area contributed by atoms with E-state index in [1.807, 2.05) is 36.4 Å². The molecule has 0 spiro atoms. The molecule has 2 heterocycles. The molecule has 1 atom stereocenters. The highest BCUT2D eigenvalue weighted by Crippen LogP contribution is 2.22. The van der Waals surface area contributed by atoms with Crippen molar-refractivity contribution < 1.29 is 17.9 Å². The van der Waals surface area contributed by atoms with Crippen LogP contribution in [-0.2, 0) is 21.2 Å². The Morgan fingerprint density at radius 3 is 2.70 bits per heavy atom. The van der Waals surface area contributed by atoms with Gasteiger partial charge in [-0.05, 0) is 43.2 Å². The maximum atomic E-state index is 12.1. The number of benzene rings is 1. The van der Waals surface area contributed by atoms with E-state index in [1.54, 1.807) is 25.4 Å². The minimum Gasteiger partial charge on any atom is -0.489 e. The normalized spacial score (nSPS) is 21.2. The maximum absolute atomic E-state index is 12.1. The van der Waals surface area contributed by atoms with E-state index in [-0.39, 0.29) is 17.4 Å². The van der Waals surface area contributed by atoms with Crippen LogP contribution in [0.1, 0.15) is 24.5 Å². The largest absolute Gasteiger partial charge is 0.489 e. The van der Waals surface area contributed by atoms with Gasteiger partial charge in [-0.25, -0.2) is 8.42 Å². The molecule has 1 aromatic carbocycles. The summed E-state index contributed by atoms with van der Waals surface area (Å²) in [6, 6.07) is 11.2. The van der Waals surface area contributed by atoms with Gasteiger partial charge in [0.1, 0.15) is 12.4 Å². The van der Waals surface area contributed by atoms with Crippen molar-refractivity contribution >= 4 is 21.8 Å². The van der Waals surface area contributed by atoms with Gasteiger partial charge in [0, 0.05) is 24.0 Å². The Hall–Kier alpha value is -2.67. The van der Waals surface area contributed by atoms with Gasteiger partial charge in [0.15, 0.2) is 9.84 Å². The van der Waals surface area contributed by atoms with Crippen molar-refractivity contribution in [2.45, 2.75) is 25.5 Å². The standard InChI is InChI=1S/C20H22N2O4S/c1-20(10-12-27(24,25)15-20)22-19(23)9-6-16-4-7-18(8-5-16)26-14-17-3-2-11-21-13-17/h2-9,11,13H,10,12,14-15H2,1H3,(H,22,23). The summed E-state index contributed by atoms with van der Waals surface area (Å²) in [5, 5.41) is 2.80. The number of rotatable bonds is 6. The smallest absolute Gasteiger partial charge is 0.244 e. The molecule has 1 fully saturated rings. The van der Waals surface area contributed by atoms with Gasteiger partial charge in [-0.3, -0.25) is 9.78 Å². The predicted octanol–water partition coefficient (Wildman–Crippen LogP) is 2.37. The van der Waals surface area contributed by atoms with E-state index in [4.69, 9.17) is 4.74 Å². The average Bonchev–Trinajstić information content (AvgIpc) is 2.92. The Morgan fingerprint density at radius 1 is 1.30 bits per heavy atom. The zero-order valence-corrected chi connectivity index (χ0v) is 15.9. The van der Waals surface area contributed by atoms with E-state index in [0.29, 0.717) is 13.0 Å². The molecule has 3 rings (SSSR count). The van der Waals surface area contributed by atoms with Crippen molar-refractivity contribution in [3.8, 4) is 5.75 Å². The van der Waals surface area contributed by atoms with Gasteiger partial charge in [0.25, 0.3) is 0 Å². The van der Waals surface area contributed by atoms with E-state index >= 15 is 0 Å². The molecule has 1 aliphatic rings. The van der Waals surface area contributed by atoms with Crippen molar-refractivity contribution in [1.82, 2.24) is 10.3 Å². The summed E-state index contributed by atoms with van der Waals surface area (Å²) in [6.07, 6.45) is 7.02. The molecule has 1 aromatic heterocycles. The fourth-order valence-electron chi connectivity index (χ4n) is 2.95. The number of pyridine rings is 1. The van der Waals surface area contributed by atoms with Gasteiger partial charge in [-0.15, -0.1) is 0 Å². The Morgan fingerprint density at radius 2 is 2.07 bits per heavy atom. The van der Waals surface area contributed by atoms with Crippen LogP contribution in [0.4, 0.5) is 0 Å². The summed E-state index contributed by atoms with van der Waals surface area (Å²) in [4.78, 5) is 16.1. The first-order valence-corrected chi connectivity index (χ1v) is 10.5. The van der Waals surface area contributed by atoms with E-state index < -0.39 is 15.4 Å². The van der Waals surface area contributed by atoms with E-state index in [0.717, 1.165) is 16.9 Å². The molecule has 2 aromatic rings. The highest BCUT2D eigenvalue weighted by Gasteiger charge is 2.39. The fraction of sp³-hybridized carbons (Fsp3) is 0.300. The third kappa shape index (κ3) is 5.65. The first-order valence-electron chi connectivity index (χ1n) is 8.66. The molecule has 1 saturated heterocycles. The SMILES string of the molecule is CC1(NC(=O)C=Cc2ccc(OCc3cccnc3)cc2)CCS(=O)(=O)C1. The van der Waals surface area contributed by atoms with Gasteiger partial charge in [-0.2, -0.15) is 0 Å². The third-order valence-electron chi connectivity index (χ3n) is 4.36. The van der Waals surface area contributed by atoms with Crippen LogP contribution in [0.2, 0.25) is 0 Å². The number of ether oxygens (including phenoxy) is 1. The van der Waals surface area contributed by atoms with Crippen LogP contribution >= 0.6 is 0 Å². The molecule has 7 heteroatoms. The molecule has 1 unspecified atom stereocenters. The zero-order valence-electron chi connectivity index (χ0n) is 15.1. The average molecular weight is 386 g/mol. The molecule has 0 radical (unpaired) electrons. The molecular weight excluding hydrogens is 364 g/mol. The monoisotopic (exact) mass is 386 g/mol. The second kappa shape index (κ2) is 7.92. The van der Waals surface area contributed by atoms with Crippen LogP contribution in [0, 0.1) is 0 Å². The number of amides is 1. The molecular formula is C20H22N2O4S. The van der Waals surface area contributed by atoms with E-state index in [1.165, 1.54) is 6.08 Å². The number of nitrogens with zero attached hydrogens (tertiary/aromatic N) is 1. The fourth-order valence-corrected chi connectivity index (χ4v) is 5.04. The highest BCUT2D eigenvalue weighted by atomic mass is 32.2. The Labute approximate surface area is 159 Å². The number of hydrogen-bond donors (Lipinski definition) is 1. The van der Waals surface area contributed by atoms with Crippen LogP contribution < -0.4 is 10.1 Å². The van der Waals surface area contributed by atoms with Crippen LogP contribution in [0.5, 0.6) is 5.75 Å². The summed E-state index contributed by atoms with van der Waals surface area (Å²) in [5.41, 5.74) is 1.15. The molecule has 1 N–H and O–H groups in total. The van der Waals surface area contributed by atoms with Crippen LogP contribution in [0.15, 0.2) is 54.9 Å². The van der Waals surface area contributed by atoms with Gasteiger partial charge < -0.3 is 10.1 Å². The molecule has 27 heavy (non-hydrogen) atoms. The second-order valence-electron chi connectivity index (χ2n) is 6.94. The summed E-state index contributed by atoms with van der Waals surface area (Å²) >= 11 is 0. The minimum atomic E-state index is -3.05. The van der Waals surface area contributed by atoms with Crippen molar-refractivity contribution in [1.29, 1.82) is 0 Å². The number of carbonyl (C=O) groups is 1.